The Morgan fingerprint density at radius 3 is 2.60 bits per heavy atom. The van der Waals surface area contributed by atoms with E-state index < -0.39 is 39.6 Å². The van der Waals surface area contributed by atoms with Crippen molar-refractivity contribution in [3.63, 3.8) is 0 Å². The average Bonchev–Trinajstić information content (AvgIpc) is 2.75. The molecule has 0 radical (unpaired) electrons. The minimum Gasteiger partial charge on any atom is -0.457 e. The molecule has 25 heavy (non-hydrogen) atoms. The number of fused-ring (bicyclic) bond motifs is 1. The van der Waals surface area contributed by atoms with Crippen LogP contribution in [0.1, 0.15) is 29.3 Å². The third-order valence-electron chi connectivity index (χ3n) is 3.44. The molecule has 0 bridgehead atoms. The Balaban J connectivity index is 2.07. The number of nitriles is 1. The first kappa shape index (κ1) is 17.8. The van der Waals surface area contributed by atoms with Gasteiger partial charge in [-0.25, -0.2) is 13.2 Å². The summed E-state index contributed by atoms with van der Waals surface area (Å²) in [5.41, 5.74) is -1.19. The molecule has 9 heteroatoms. The van der Waals surface area contributed by atoms with Gasteiger partial charge in [0.1, 0.15) is 11.5 Å². The van der Waals surface area contributed by atoms with Crippen LogP contribution in [0.25, 0.3) is 0 Å². The molecule has 0 saturated heterocycles. The van der Waals surface area contributed by atoms with E-state index in [1.807, 2.05) is 6.07 Å². The lowest BCUT2D eigenvalue weighted by Crippen LogP contribution is -2.11. The van der Waals surface area contributed by atoms with Gasteiger partial charge >= 0.3 is 5.25 Å². The Bertz CT molecular complexity index is 884. The molecule has 0 N–H and O–H groups in total. The average molecular weight is 392 g/mol. The predicted molar refractivity (Wildman–Crippen MR) is 82.3 cm³/mol. The number of hydrogen-bond acceptors (Lipinski definition) is 3. The SMILES string of the molecule is N#Cc1cc(Cl)cc(Oc2ccc3c(c2C(F)F)SC(F)(F)[C@H]3F)c1. The molecule has 1 heterocycles. The smallest absolute Gasteiger partial charge is 0.333 e. The van der Waals surface area contributed by atoms with Gasteiger partial charge in [-0.05, 0) is 36.0 Å². The minimum atomic E-state index is -3.82. The number of rotatable bonds is 3. The molecular formula is C16H7ClF5NOS. The summed E-state index contributed by atoms with van der Waals surface area (Å²) in [5, 5.41) is 5.21. The van der Waals surface area contributed by atoms with Crippen LogP contribution < -0.4 is 4.74 Å². The Labute approximate surface area is 148 Å². The third-order valence-corrected chi connectivity index (χ3v) is 4.80. The maximum Gasteiger partial charge on any atom is 0.333 e. The highest BCUT2D eigenvalue weighted by Gasteiger charge is 2.51. The molecule has 0 fully saturated rings. The predicted octanol–water partition coefficient (Wildman–Crippen LogP) is 6.65. The summed E-state index contributed by atoms with van der Waals surface area (Å²) in [6.07, 6.45) is -5.83. The first-order valence-corrected chi connectivity index (χ1v) is 7.96. The maximum absolute atomic E-state index is 13.7. The molecule has 2 nitrogen and oxygen atoms in total. The van der Waals surface area contributed by atoms with Gasteiger partial charge in [0, 0.05) is 15.5 Å². The van der Waals surface area contributed by atoms with Gasteiger partial charge in [0.05, 0.1) is 17.2 Å². The fraction of sp³-hybridized carbons (Fsp3) is 0.188. The fourth-order valence-corrected chi connectivity index (χ4v) is 3.71. The van der Waals surface area contributed by atoms with Crippen molar-refractivity contribution in [3.8, 4) is 17.6 Å². The van der Waals surface area contributed by atoms with Gasteiger partial charge in [0.2, 0.25) is 0 Å². The summed E-state index contributed by atoms with van der Waals surface area (Å²) >= 11 is 5.56. The van der Waals surface area contributed by atoms with Gasteiger partial charge in [0.25, 0.3) is 6.43 Å². The van der Waals surface area contributed by atoms with Gasteiger partial charge < -0.3 is 4.74 Å². The first-order valence-electron chi connectivity index (χ1n) is 6.77. The molecule has 1 aliphatic rings. The van der Waals surface area contributed by atoms with Crippen LogP contribution in [0, 0.1) is 11.3 Å². The molecule has 0 saturated carbocycles. The number of alkyl halides is 5. The lowest BCUT2D eigenvalue weighted by molar-refractivity contribution is 0.0187. The van der Waals surface area contributed by atoms with Gasteiger partial charge in [-0.3, -0.25) is 0 Å². The highest BCUT2D eigenvalue weighted by Crippen LogP contribution is 2.59. The summed E-state index contributed by atoms with van der Waals surface area (Å²) < 4.78 is 73.0. The van der Waals surface area contributed by atoms with Crippen molar-refractivity contribution in [2.45, 2.75) is 22.7 Å². The largest absolute Gasteiger partial charge is 0.457 e. The molecule has 0 aromatic heterocycles. The van der Waals surface area contributed by atoms with Crippen molar-refractivity contribution in [1.82, 2.24) is 0 Å². The second-order valence-corrected chi connectivity index (χ2v) is 6.71. The van der Waals surface area contributed by atoms with Gasteiger partial charge in [-0.15, -0.1) is 0 Å². The topological polar surface area (TPSA) is 33.0 Å². The van der Waals surface area contributed by atoms with Crippen LogP contribution in [0.3, 0.4) is 0 Å². The highest BCUT2D eigenvalue weighted by atomic mass is 35.5. The van der Waals surface area contributed by atoms with Crippen LogP contribution >= 0.6 is 23.4 Å². The third kappa shape index (κ3) is 3.26. The van der Waals surface area contributed by atoms with E-state index in [1.165, 1.54) is 18.2 Å². The number of halogens is 6. The van der Waals surface area contributed by atoms with E-state index >= 15 is 0 Å². The van der Waals surface area contributed by atoms with Crippen molar-refractivity contribution < 1.29 is 26.7 Å². The zero-order valence-electron chi connectivity index (χ0n) is 12.1. The second kappa shape index (κ2) is 6.39. The van der Waals surface area contributed by atoms with E-state index in [-0.39, 0.29) is 28.1 Å². The van der Waals surface area contributed by atoms with Gasteiger partial charge in [0.15, 0.2) is 6.17 Å². The molecule has 1 aliphatic heterocycles. The van der Waals surface area contributed by atoms with E-state index in [2.05, 4.69) is 0 Å². The van der Waals surface area contributed by atoms with Gasteiger partial charge in [-0.1, -0.05) is 17.7 Å². The van der Waals surface area contributed by atoms with Crippen molar-refractivity contribution in [2.75, 3.05) is 0 Å². The first-order chi connectivity index (χ1) is 11.7. The van der Waals surface area contributed by atoms with Crippen molar-refractivity contribution in [2.24, 2.45) is 0 Å². The van der Waals surface area contributed by atoms with E-state index in [4.69, 9.17) is 21.6 Å². The monoisotopic (exact) mass is 391 g/mol. The number of thioether (sulfide) groups is 1. The lowest BCUT2D eigenvalue weighted by atomic mass is 10.1. The zero-order chi connectivity index (χ0) is 18.4. The molecule has 130 valence electrons. The number of hydrogen-bond donors (Lipinski definition) is 0. The Morgan fingerprint density at radius 2 is 1.96 bits per heavy atom. The van der Waals surface area contributed by atoms with Crippen molar-refractivity contribution >= 4 is 23.4 Å². The van der Waals surface area contributed by atoms with Crippen LogP contribution in [-0.2, 0) is 0 Å². The van der Waals surface area contributed by atoms with Crippen LogP contribution in [0.4, 0.5) is 22.0 Å². The van der Waals surface area contributed by atoms with E-state index in [0.29, 0.717) is 0 Å². The molecule has 0 unspecified atom stereocenters. The molecule has 0 spiro atoms. The lowest BCUT2D eigenvalue weighted by Gasteiger charge is -2.14. The summed E-state index contributed by atoms with van der Waals surface area (Å²) in [6.45, 7) is 0. The minimum absolute atomic E-state index is 0.0162. The van der Waals surface area contributed by atoms with E-state index in [1.54, 1.807) is 0 Å². The maximum atomic E-state index is 13.7. The highest BCUT2D eigenvalue weighted by molar-refractivity contribution is 8.00. The molecule has 1 atom stereocenters. The molecular weight excluding hydrogens is 385 g/mol. The normalized spacial score (nSPS) is 18.1. The molecule has 3 rings (SSSR count). The van der Waals surface area contributed by atoms with Crippen LogP contribution in [-0.4, -0.2) is 5.25 Å². The van der Waals surface area contributed by atoms with Crippen molar-refractivity contribution in [3.05, 3.63) is 52.0 Å². The Kier molecular flexibility index (Phi) is 4.56. The summed E-state index contributed by atoms with van der Waals surface area (Å²) in [6, 6.07) is 7.70. The molecule has 2 aromatic carbocycles. The Morgan fingerprint density at radius 1 is 1.24 bits per heavy atom. The van der Waals surface area contributed by atoms with Crippen LogP contribution in [0.2, 0.25) is 5.02 Å². The van der Waals surface area contributed by atoms with Crippen molar-refractivity contribution in [1.29, 1.82) is 5.26 Å². The second-order valence-electron chi connectivity index (χ2n) is 5.11. The van der Waals surface area contributed by atoms with Gasteiger partial charge in [-0.2, -0.15) is 14.0 Å². The summed E-state index contributed by atoms with van der Waals surface area (Å²) in [7, 11) is 0. The molecule has 0 aliphatic carbocycles. The summed E-state index contributed by atoms with van der Waals surface area (Å²) in [4.78, 5) is -0.535. The standard InChI is InChI=1S/C16H7ClF5NOS/c17-8-3-7(6-23)4-9(5-8)24-11-2-1-10-13(12(11)15(19)20)25-16(21,22)14(10)18/h1-5,14-15H/t14-/m0/s1. The van der Waals surface area contributed by atoms with E-state index in [0.717, 1.165) is 12.1 Å². The summed E-state index contributed by atoms with van der Waals surface area (Å²) in [5.74, 6) is -0.422. The number of benzene rings is 2. The fourth-order valence-electron chi connectivity index (χ4n) is 2.39. The molecule has 2 aromatic rings. The zero-order valence-corrected chi connectivity index (χ0v) is 13.6. The number of nitrogens with zero attached hydrogens (tertiary/aromatic N) is 1. The number of ether oxygens (including phenoxy) is 1. The Hall–Kier alpha value is -1.98. The quantitative estimate of drug-likeness (QED) is 0.549. The van der Waals surface area contributed by atoms with E-state index in [9.17, 15) is 22.0 Å². The van der Waals surface area contributed by atoms with Crippen LogP contribution in [0.15, 0.2) is 35.2 Å². The molecule has 0 amide bonds. The van der Waals surface area contributed by atoms with Crippen LogP contribution in [0.5, 0.6) is 11.5 Å².